The monoisotopic (exact) mass is 287 g/mol. The third-order valence-corrected chi connectivity index (χ3v) is 3.62. The maximum Gasteiger partial charge on any atom is 0.406 e. The van der Waals surface area contributed by atoms with Crippen LogP contribution < -0.4 is 4.74 Å². The van der Waals surface area contributed by atoms with Crippen molar-refractivity contribution in [2.45, 2.75) is 6.61 Å². The van der Waals surface area contributed by atoms with E-state index in [-0.39, 0.29) is 18.2 Å². The molecule has 0 N–H and O–H groups in total. The van der Waals surface area contributed by atoms with Crippen LogP contribution in [0.5, 0.6) is 5.75 Å². The van der Waals surface area contributed by atoms with Gasteiger partial charge in [0, 0.05) is 0 Å². The molecule has 1 aromatic carbocycles. The molecule has 0 saturated carbocycles. The number of fused-ring (bicyclic) bond motifs is 1. The second kappa shape index (κ2) is 5.22. The number of hydrogen-bond donors (Lipinski definition) is 0. The van der Waals surface area contributed by atoms with E-state index in [0.717, 1.165) is 15.2 Å². The Hall–Kier alpha value is -2.54. The fourth-order valence-electron chi connectivity index (χ4n) is 1.75. The summed E-state index contributed by atoms with van der Waals surface area (Å²) in [5.41, 5.74) is 0.900. The number of rotatable bonds is 4. The largest absolute Gasteiger partial charge is 0.478 e. The number of nitrogens with zero attached hydrogens (tertiary/aromatic N) is 3. The molecule has 7 heteroatoms. The lowest BCUT2D eigenvalue weighted by Crippen LogP contribution is -2.00. The van der Waals surface area contributed by atoms with Crippen LogP contribution in [0, 0.1) is 10.1 Å². The number of ether oxygens (including phenoxy) is 1. The molecule has 3 rings (SSSR count). The van der Waals surface area contributed by atoms with Crippen LogP contribution in [0.25, 0.3) is 10.2 Å². The van der Waals surface area contributed by atoms with Gasteiger partial charge in [-0.15, -0.1) is 11.3 Å². The third kappa shape index (κ3) is 2.43. The standard InChI is InChI=1S/C13H9N3O3S/c17-16(18)13-10(5-3-7-14-13)19-8-12-15-9-4-1-2-6-11(9)20-12/h1-7H,8H2. The molecule has 0 aliphatic rings. The van der Waals surface area contributed by atoms with Crippen molar-refractivity contribution in [3.8, 4) is 5.75 Å². The number of para-hydroxylation sites is 1. The number of hydrogen-bond acceptors (Lipinski definition) is 6. The molecule has 100 valence electrons. The van der Waals surface area contributed by atoms with Crippen molar-refractivity contribution in [1.82, 2.24) is 9.97 Å². The van der Waals surface area contributed by atoms with Crippen molar-refractivity contribution in [1.29, 1.82) is 0 Å². The van der Waals surface area contributed by atoms with E-state index >= 15 is 0 Å². The van der Waals surface area contributed by atoms with Crippen LogP contribution in [0.15, 0.2) is 42.6 Å². The van der Waals surface area contributed by atoms with E-state index in [2.05, 4.69) is 9.97 Å². The van der Waals surface area contributed by atoms with E-state index in [4.69, 9.17) is 4.74 Å². The quantitative estimate of drug-likeness (QED) is 0.544. The first kappa shape index (κ1) is 12.5. The molecule has 0 fully saturated rings. The van der Waals surface area contributed by atoms with Crippen LogP contribution >= 0.6 is 11.3 Å². The number of thiazole rings is 1. The summed E-state index contributed by atoms with van der Waals surface area (Å²) in [6, 6.07) is 10.9. The Balaban J connectivity index is 1.81. The van der Waals surface area contributed by atoms with Gasteiger partial charge in [-0.2, -0.15) is 0 Å². The minimum Gasteiger partial charge on any atom is -0.478 e. The predicted molar refractivity (Wildman–Crippen MR) is 74.8 cm³/mol. The predicted octanol–water partition coefficient (Wildman–Crippen LogP) is 3.18. The third-order valence-electron chi connectivity index (χ3n) is 2.61. The number of aromatic nitrogens is 2. The number of nitro groups is 1. The Kier molecular flexibility index (Phi) is 3.26. The van der Waals surface area contributed by atoms with Crippen LogP contribution in [0.3, 0.4) is 0 Å². The van der Waals surface area contributed by atoms with Gasteiger partial charge in [-0.3, -0.25) is 0 Å². The first-order chi connectivity index (χ1) is 9.74. The van der Waals surface area contributed by atoms with Gasteiger partial charge in [0.1, 0.15) is 17.8 Å². The smallest absolute Gasteiger partial charge is 0.406 e. The van der Waals surface area contributed by atoms with Crippen molar-refractivity contribution in [3.63, 3.8) is 0 Å². The molecule has 2 heterocycles. The Morgan fingerprint density at radius 3 is 2.90 bits per heavy atom. The Morgan fingerprint density at radius 2 is 2.10 bits per heavy atom. The molecule has 2 aromatic heterocycles. The molecule has 0 aliphatic heterocycles. The summed E-state index contributed by atoms with van der Waals surface area (Å²) in [5.74, 6) is -0.134. The molecule has 20 heavy (non-hydrogen) atoms. The SMILES string of the molecule is O=[N+]([O-])c1ncccc1OCc1nc2ccccc2s1. The molecule has 3 aromatic rings. The van der Waals surface area contributed by atoms with E-state index in [1.165, 1.54) is 23.6 Å². The van der Waals surface area contributed by atoms with Gasteiger partial charge < -0.3 is 14.9 Å². The van der Waals surface area contributed by atoms with Crippen molar-refractivity contribution < 1.29 is 9.66 Å². The Bertz CT molecular complexity index is 739. The van der Waals surface area contributed by atoms with Gasteiger partial charge in [0.05, 0.1) is 10.2 Å². The lowest BCUT2D eigenvalue weighted by Gasteiger charge is -2.03. The van der Waals surface area contributed by atoms with Crippen LogP contribution in [-0.2, 0) is 6.61 Å². The van der Waals surface area contributed by atoms with E-state index in [1.54, 1.807) is 6.07 Å². The number of benzene rings is 1. The zero-order valence-corrected chi connectivity index (χ0v) is 11.0. The topological polar surface area (TPSA) is 78.2 Å². The van der Waals surface area contributed by atoms with Gasteiger partial charge in [0.25, 0.3) is 0 Å². The molecule has 0 bridgehead atoms. The maximum atomic E-state index is 10.8. The summed E-state index contributed by atoms with van der Waals surface area (Å²) in [6.07, 6.45) is 1.36. The highest BCUT2D eigenvalue weighted by molar-refractivity contribution is 7.18. The summed E-state index contributed by atoms with van der Waals surface area (Å²) >= 11 is 1.50. The van der Waals surface area contributed by atoms with Gasteiger partial charge in [-0.25, -0.2) is 4.98 Å². The minimum absolute atomic E-state index is 0.150. The first-order valence-electron chi connectivity index (χ1n) is 5.81. The molecular weight excluding hydrogens is 278 g/mol. The fourth-order valence-corrected chi connectivity index (χ4v) is 2.63. The summed E-state index contributed by atoms with van der Waals surface area (Å²) in [7, 11) is 0. The zero-order chi connectivity index (χ0) is 13.9. The van der Waals surface area contributed by atoms with Gasteiger partial charge in [-0.05, 0) is 34.2 Å². The van der Waals surface area contributed by atoms with E-state index in [9.17, 15) is 10.1 Å². The fraction of sp³-hybridized carbons (Fsp3) is 0.0769. The van der Waals surface area contributed by atoms with Crippen molar-refractivity contribution >= 4 is 27.4 Å². The highest BCUT2D eigenvalue weighted by Gasteiger charge is 2.16. The zero-order valence-electron chi connectivity index (χ0n) is 10.2. The number of pyridine rings is 1. The van der Waals surface area contributed by atoms with Crippen LogP contribution in [0.2, 0.25) is 0 Å². The van der Waals surface area contributed by atoms with Gasteiger partial charge in [-0.1, -0.05) is 12.1 Å². The molecule has 0 unspecified atom stereocenters. The second-order valence-corrected chi connectivity index (χ2v) is 5.06. The lowest BCUT2D eigenvalue weighted by molar-refractivity contribution is -0.390. The summed E-state index contributed by atoms with van der Waals surface area (Å²) in [6.45, 7) is 0.186. The molecule has 0 saturated heterocycles. The highest BCUT2D eigenvalue weighted by atomic mass is 32.1. The van der Waals surface area contributed by atoms with Gasteiger partial charge >= 0.3 is 5.82 Å². The van der Waals surface area contributed by atoms with E-state index < -0.39 is 4.92 Å². The van der Waals surface area contributed by atoms with Crippen molar-refractivity contribution in [2.75, 3.05) is 0 Å². The first-order valence-corrected chi connectivity index (χ1v) is 6.62. The molecule has 6 nitrogen and oxygen atoms in total. The summed E-state index contributed by atoms with van der Waals surface area (Å²) < 4.78 is 6.52. The summed E-state index contributed by atoms with van der Waals surface area (Å²) in [5, 5.41) is 11.6. The van der Waals surface area contributed by atoms with Gasteiger partial charge in [0.15, 0.2) is 0 Å². The Morgan fingerprint density at radius 1 is 1.25 bits per heavy atom. The van der Waals surface area contributed by atoms with E-state index in [1.807, 2.05) is 24.3 Å². The van der Waals surface area contributed by atoms with Gasteiger partial charge in [0.2, 0.25) is 5.75 Å². The van der Waals surface area contributed by atoms with Crippen molar-refractivity contribution in [3.05, 3.63) is 57.7 Å². The molecule has 0 atom stereocenters. The Labute approximate surface area is 117 Å². The molecule has 0 amide bonds. The lowest BCUT2D eigenvalue weighted by atomic mass is 10.3. The normalized spacial score (nSPS) is 10.6. The van der Waals surface area contributed by atoms with Crippen LogP contribution in [-0.4, -0.2) is 14.9 Å². The molecule has 0 spiro atoms. The van der Waals surface area contributed by atoms with Crippen molar-refractivity contribution in [2.24, 2.45) is 0 Å². The molecule has 0 aliphatic carbocycles. The average molecular weight is 287 g/mol. The minimum atomic E-state index is -0.562. The van der Waals surface area contributed by atoms with Crippen LogP contribution in [0.4, 0.5) is 5.82 Å². The average Bonchev–Trinajstić information content (AvgIpc) is 2.88. The maximum absolute atomic E-state index is 10.8. The summed E-state index contributed by atoms with van der Waals surface area (Å²) in [4.78, 5) is 18.4. The molecule has 0 radical (unpaired) electrons. The van der Waals surface area contributed by atoms with E-state index in [0.29, 0.717) is 0 Å². The highest BCUT2D eigenvalue weighted by Crippen LogP contribution is 2.26. The second-order valence-electron chi connectivity index (χ2n) is 3.95. The molecular formula is C13H9N3O3S. The van der Waals surface area contributed by atoms with Crippen LogP contribution in [0.1, 0.15) is 5.01 Å².